The zero-order valence-corrected chi connectivity index (χ0v) is 14.0. The molecular weight excluding hydrogens is 305 g/mol. The molecule has 0 bridgehead atoms. The monoisotopic (exact) mass is 325 g/mol. The SMILES string of the molecule is CCCNC(Cc1ccc(F)cc1Cl)c1ccc(CC)s1. The van der Waals surface area contributed by atoms with E-state index >= 15 is 0 Å². The Balaban J connectivity index is 2.19. The standard InChI is InChI=1S/C17H21ClFNS/c1-3-9-20-16(17-8-7-14(4-2)21-17)10-12-5-6-13(19)11-15(12)18/h5-8,11,16,20H,3-4,9-10H2,1-2H3. The van der Waals surface area contributed by atoms with Gasteiger partial charge >= 0.3 is 0 Å². The molecule has 0 aliphatic carbocycles. The molecule has 1 unspecified atom stereocenters. The molecule has 1 heterocycles. The summed E-state index contributed by atoms with van der Waals surface area (Å²) < 4.78 is 13.2. The van der Waals surface area contributed by atoms with Crippen molar-refractivity contribution >= 4 is 22.9 Å². The average Bonchev–Trinajstić information content (AvgIpc) is 2.94. The Kier molecular flexibility index (Phi) is 6.22. The second kappa shape index (κ2) is 7.92. The van der Waals surface area contributed by atoms with Crippen molar-refractivity contribution in [1.82, 2.24) is 5.32 Å². The summed E-state index contributed by atoms with van der Waals surface area (Å²) in [5.74, 6) is -0.286. The van der Waals surface area contributed by atoms with Crippen LogP contribution in [-0.4, -0.2) is 6.54 Å². The first-order valence-corrected chi connectivity index (χ1v) is 8.59. The first kappa shape index (κ1) is 16.5. The molecule has 1 nitrogen and oxygen atoms in total. The lowest BCUT2D eigenvalue weighted by Crippen LogP contribution is -2.23. The Morgan fingerprint density at radius 1 is 1.24 bits per heavy atom. The van der Waals surface area contributed by atoms with Crippen LogP contribution in [0.2, 0.25) is 5.02 Å². The highest BCUT2D eigenvalue weighted by Crippen LogP contribution is 2.29. The number of halogens is 2. The van der Waals surface area contributed by atoms with E-state index < -0.39 is 0 Å². The van der Waals surface area contributed by atoms with Crippen LogP contribution in [-0.2, 0) is 12.8 Å². The lowest BCUT2D eigenvalue weighted by Gasteiger charge is -2.18. The first-order chi connectivity index (χ1) is 10.1. The molecule has 1 aromatic heterocycles. The summed E-state index contributed by atoms with van der Waals surface area (Å²) in [6.07, 6.45) is 2.92. The Morgan fingerprint density at radius 3 is 2.67 bits per heavy atom. The average molecular weight is 326 g/mol. The van der Waals surface area contributed by atoms with E-state index in [0.717, 1.165) is 31.4 Å². The molecule has 1 atom stereocenters. The van der Waals surface area contributed by atoms with Crippen molar-refractivity contribution in [3.8, 4) is 0 Å². The van der Waals surface area contributed by atoms with Crippen molar-refractivity contribution in [3.63, 3.8) is 0 Å². The molecule has 0 radical (unpaired) electrons. The van der Waals surface area contributed by atoms with Crippen molar-refractivity contribution in [2.24, 2.45) is 0 Å². The highest BCUT2D eigenvalue weighted by molar-refractivity contribution is 7.12. The Morgan fingerprint density at radius 2 is 2.05 bits per heavy atom. The lowest BCUT2D eigenvalue weighted by molar-refractivity contribution is 0.536. The van der Waals surface area contributed by atoms with Gasteiger partial charge in [-0.15, -0.1) is 11.3 Å². The molecule has 1 N–H and O–H groups in total. The predicted molar refractivity (Wildman–Crippen MR) is 89.8 cm³/mol. The fraction of sp³-hybridized carbons (Fsp3) is 0.412. The molecule has 0 aliphatic rings. The lowest BCUT2D eigenvalue weighted by atomic mass is 10.0. The van der Waals surface area contributed by atoms with Crippen LogP contribution in [0.5, 0.6) is 0 Å². The molecule has 114 valence electrons. The van der Waals surface area contributed by atoms with Gasteiger partial charge in [-0.1, -0.05) is 31.5 Å². The van der Waals surface area contributed by atoms with Gasteiger partial charge in [0.1, 0.15) is 5.82 Å². The van der Waals surface area contributed by atoms with Crippen LogP contribution in [0.3, 0.4) is 0 Å². The zero-order chi connectivity index (χ0) is 15.2. The van der Waals surface area contributed by atoms with Gasteiger partial charge in [-0.2, -0.15) is 0 Å². The summed E-state index contributed by atoms with van der Waals surface area (Å²) in [4.78, 5) is 2.71. The van der Waals surface area contributed by atoms with Gasteiger partial charge in [0.15, 0.2) is 0 Å². The molecule has 4 heteroatoms. The van der Waals surface area contributed by atoms with E-state index in [4.69, 9.17) is 11.6 Å². The van der Waals surface area contributed by atoms with E-state index in [1.54, 1.807) is 6.07 Å². The maximum absolute atomic E-state index is 13.2. The van der Waals surface area contributed by atoms with Crippen LogP contribution >= 0.6 is 22.9 Å². The number of aryl methyl sites for hydroxylation is 1. The van der Waals surface area contributed by atoms with Crippen molar-refractivity contribution in [2.75, 3.05) is 6.54 Å². The molecule has 21 heavy (non-hydrogen) atoms. The van der Waals surface area contributed by atoms with Crippen LogP contribution in [0.4, 0.5) is 4.39 Å². The molecular formula is C17H21ClFNS. The number of nitrogens with one attached hydrogen (secondary N) is 1. The van der Waals surface area contributed by atoms with E-state index in [-0.39, 0.29) is 11.9 Å². The largest absolute Gasteiger partial charge is 0.309 e. The molecule has 2 aromatic rings. The van der Waals surface area contributed by atoms with Gasteiger partial charge < -0.3 is 5.32 Å². The second-order valence-electron chi connectivity index (χ2n) is 5.10. The number of hydrogen-bond acceptors (Lipinski definition) is 2. The highest BCUT2D eigenvalue weighted by atomic mass is 35.5. The van der Waals surface area contributed by atoms with Gasteiger partial charge in [0.25, 0.3) is 0 Å². The summed E-state index contributed by atoms with van der Waals surface area (Å²) in [6.45, 7) is 5.28. The summed E-state index contributed by atoms with van der Waals surface area (Å²) in [5, 5.41) is 4.08. The van der Waals surface area contributed by atoms with E-state index in [0.29, 0.717) is 5.02 Å². The molecule has 1 aromatic carbocycles. The summed E-state index contributed by atoms with van der Waals surface area (Å²) >= 11 is 8.00. The molecule has 0 amide bonds. The topological polar surface area (TPSA) is 12.0 Å². The first-order valence-electron chi connectivity index (χ1n) is 7.40. The van der Waals surface area contributed by atoms with Crippen molar-refractivity contribution in [2.45, 2.75) is 39.2 Å². The normalized spacial score (nSPS) is 12.6. The molecule has 2 rings (SSSR count). The summed E-state index contributed by atoms with van der Waals surface area (Å²) in [6, 6.07) is 9.26. The van der Waals surface area contributed by atoms with Crippen LogP contribution in [0.25, 0.3) is 0 Å². The number of benzene rings is 1. The van der Waals surface area contributed by atoms with Crippen molar-refractivity contribution in [3.05, 3.63) is 56.5 Å². The minimum atomic E-state index is -0.286. The summed E-state index contributed by atoms with van der Waals surface area (Å²) in [5.41, 5.74) is 0.984. The minimum Gasteiger partial charge on any atom is -0.309 e. The highest BCUT2D eigenvalue weighted by Gasteiger charge is 2.15. The van der Waals surface area contributed by atoms with E-state index in [1.165, 1.54) is 21.9 Å². The Bertz CT molecular complexity index is 582. The maximum atomic E-state index is 13.2. The fourth-order valence-electron chi connectivity index (χ4n) is 2.27. The Labute approximate surface area is 135 Å². The van der Waals surface area contributed by atoms with Crippen molar-refractivity contribution < 1.29 is 4.39 Å². The minimum absolute atomic E-state index is 0.234. The van der Waals surface area contributed by atoms with Gasteiger partial charge in [-0.25, -0.2) is 4.39 Å². The van der Waals surface area contributed by atoms with E-state index in [9.17, 15) is 4.39 Å². The molecule has 0 aliphatic heterocycles. The van der Waals surface area contributed by atoms with Crippen molar-refractivity contribution in [1.29, 1.82) is 0 Å². The van der Waals surface area contributed by atoms with Gasteiger partial charge in [-0.05, 0) is 55.6 Å². The van der Waals surface area contributed by atoms with E-state index in [1.807, 2.05) is 11.3 Å². The molecule has 0 fully saturated rings. The number of thiophene rings is 1. The Hall–Kier alpha value is -0.900. The van der Waals surface area contributed by atoms with E-state index in [2.05, 4.69) is 31.3 Å². The van der Waals surface area contributed by atoms with Gasteiger partial charge in [-0.3, -0.25) is 0 Å². The van der Waals surface area contributed by atoms with Gasteiger partial charge in [0, 0.05) is 20.8 Å². The fourth-order valence-corrected chi connectivity index (χ4v) is 3.54. The van der Waals surface area contributed by atoms with Gasteiger partial charge in [0.2, 0.25) is 0 Å². The second-order valence-corrected chi connectivity index (χ2v) is 6.71. The molecule has 0 spiro atoms. The van der Waals surface area contributed by atoms with Gasteiger partial charge in [0.05, 0.1) is 0 Å². The smallest absolute Gasteiger partial charge is 0.124 e. The quantitative estimate of drug-likeness (QED) is 0.720. The zero-order valence-electron chi connectivity index (χ0n) is 12.5. The number of rotatable bonds is 7. The third-order valence-corrected chi connectivity index (χ3v) is 5.15. The number of hydrogen-bond donors (Lipinski definition) is 1. The van der Waals surface area contributed by atoms with Crippen LogP contribution < -0.4 is 5.32 Å². The maximum Gasteiger partial charge on any atom is 0.124 e. The molecule has 0 saturated heterocycles. The van der Waals surface area contributed by atoms with Crippen LogP contribution in [0, 0.1) is 5.82 Å². The molecule has 0 saturated carbocycles. The summed E-state index contributed by atoms with van der Waals surface area (Å²) in [7, 11) is 0. The third kappa shape index (κ3) is 4.53. The van der Waals surface area contributed by atoms with Crippen LogP contribution in [0.15, 0.2) is 30.3 Å². The predicted octanol–water partition coefficient (Wildman–Crippen LogP) is 5.39. The van der Waals surface area contributed by atoms with Crippen LogP contribution in [0.1, 0.15) is 41.6 Å². The third-order valence-electron chi connectivity index (χ3n) is 3.45.